The summed E-state index contributed by atoms with van der Waals surface area (Å²) in [7, 11) is -1.96. The number of ether oxygens (including phenoxy) is 1. The van der Waals surface area contributed by atoms with Crippen molar-refractivity contribution in [2.45, 2.75) is 4.90 Å². The van der Waals surface area contributed by atoms with E-state index in [0.29, 0.717) is 31.9 Å². The van der Waals surface area contributed by atoms with Gasteiger partial charge in [-0.2, -0.15) is 4.31 Å². The fourth-order valence-corrected chi connectivity index (χ4v) is 3.27. The molecule has 0 saturated carbocycles. The third-order valence-electron chi connectivity index (χ3n) is 2.95. The lowest BCUT2D eigenvalue weighted by atomic mass is 10.2. The van der Waals surface area contributed by atoms with E-state index in [-0.39, 0.29) is 10.8 Å². The van der Waals surface area contributed by atoms with Gasteiger partial charge in [-0.1, -0.05) is 0 Å². The van der Waals surface area contributed by atoms with Gasteiger partial charge in [-0.15, -0.1) is 0 Å². The number of amides is 1. The molecule has 0 bridgehead atoms. The SMILES string of the molecule is CNC(=O)c1ccc(S(=O)(=O)N2CCOCC2)cc1. The van der Waals surface area contributed by atoms with Gasteiger partial charge in [0.25, 0.3) is 5.91 Å². The molecule has 0 spiro atoms. The smallest absolute Gasteiger partial charge is 0.251 e. The van der Waals surface area contributed by atoms with Gasteiger partial charge in [0.15, 0.2) is 0 Å². The summed E-state index contributed by atoms with van der Waals surface area (Å²) in [4.78, 5) is 11.6. The van der Waals surface area contributed by atoms with E-state index in [4.69, 9.17) is 4.74 Å². The van der Waals surface area contributed by atoms with Crippen molar-refractivity contribution in [1.29, 1.82) is 0 Å². The van der Waals surface area contributed by atoms with Gasteiger partial charge < -0.3 is 10.1 Å². The number of nitrogens with one attached hydrogen (secondary N) is 1. The standard InChI is InChI=1S/C12H16N2O4S/c1-13-12(15)10-2-4-11(5-3-10)19(16,17)14-6-8-18-9-7-14/h2-5H,6-9H2,1H3,(H,13,15). The Morgan fingerprint density at radius 2 is 1.79 bits per heavy atom. The van der Waals surface area contributed by atoms with Crippen LogP contribution in [0, 0.1) is 0 Å². The molecule has 1 aliphatic rings. The topological polar surface area (TPSA) is 75.7 Å². The molecule has 0 aliphatic carbocycles. The third-order valence-corrected chi connectivity index (χ3v) is 4.86. The quantitative estimate of drug-likeness (QED) is 0.852. The van der Waals surface area contributed by atoms with E-state index >= 15 is 0 Å². The van der Waals surface area contributed by atoms with Gasteiger partial charge in [0.1, 0.15) is 0 Å². The Balaban J connectivity index is 2.23. The van der Waals surface area contributed by atoms with E-state index in [9.17, 15) is 13.2 Å². The molecule has 1 saturated heterocycles. The van der Waals surface area contributed by atoms with Crippen molar-refractivity contribution >= 4 is 15.9 Å². The van der Waals surface area contributed by atoms with Gasteiger partial charge in [0.2, 0.25) is 10.0 Å². The van der Waals surface area contributed by atoms with Crippen LogP contribution < -0.4 is 5.32 Å². The van der Waals surface area contributed by atoms with Crippen molar-refractivity contribution in [2.24, 2.45) is 0 Å². The summed E-state index contributed by atoms with van der Waals surface area (Å²) in [5.74, 6) is -0.240. The van der Waals surface area contributed by atoms with Crippen LogP contribution >= 0.6 is 0 Å². The van der Waals surface area contributed by atoms with Gasteiger partial charge in [-0.05, 0) is 24.3 Å². The minimum atomic E-state index is -3.49. The van der Waals surface area contributed by atoms with Crippen LogP contribution in [-0.2, 0) is 14.8 Å². The van der Waals surface area contributed by atoms with Crippen molar-refractivity contribution in [1.82, 2.24) is 9.62 Å². The number of carbonyl (C=O) groups is 1. The second-order valence-corrected chi connectivity index (χ2v) is 6.06. The summed E-state index contributed by atoms with van der Waals surface area (Å²) in [5.41, 5.74) is 0.434. The molecule has 19 heavy (non-hydrogen) atoms. The van der Waals surface area contributed by atoms with Crippen molar-refractivity contribution in [2.75, 3.05) is 33.4 Å². The lowest BCUT2D eigenvalue weighted by Gasteiger charge is -2.26. The van der Waals surface area contributed by atoms with Gasteiger partial charge >= 0.3 is 0 Å². The molecule has 2 rings (SSSR count). The maximum atomic E-state index is 12.3. The first-order valence-corrected chi connectivity index (χ1v) is 7.40. The van der Waals surface area contributed by atoms with Gasteiger partial charge in [-0.3, -0.25) is 4.79 Å². The van der Waals surface area contributed by atoms with E-state index < -0.39 is 10.0 Å². The van der Waals surface area contributed by atoms with Crippen molar-refractivity contribution < 1.29 is 17.9 Å². The lowest BCUT2D eigenvalue weighted by molar-refractivity contribution is 0.0730. The number of benzene rings is 1. The molecular formula is C12H16N2O4S. The summed E-state index contributed by atoms with van der Waals surface area (Å²) < 4.78 is 31.1. The largest absolute Gasteiger partial charge is 0.379 e. The predicted octanol–water partition coefficient (Wildman–Crippen LogP) is 0.0671. The Kier molecular flexibility index (Phi) is 4.18. The lowest BCUT2D eigenvalue weighted by Crippen LogP contribution is -2.40. The molecule has 1 aliphatic heterocycles. The Hall–Kier alpha value is -1.44. The number of sulfonamides is 1. The number of rotatable bonds is 3. The molecule has 104 valence electrons. The van der Waals surface area contributed by atoms with Gasteiger partial charge in [-0.25, -0.2) is 8.42 Å². The maximum Gasteiger partial charge on any atom is 0.251 e. The number of hydrogen-bond acceptors (Lipinski definition) is 4. The highest BCUT2D eigenvalue weighted by molar-refractivity contribution is 7.89. The summed E-state index contributed by atoms with van der Waals surface area (Å²) in [5, 5.41) is 2.49. The first-order chi connectivity index (χ1) is 9.05. The predicted molar refractivity (Wildman–Crippen MR) is 69.4 cm³/mol. The Morgan fingerprint density at radius 1 is 1.21 bits per heavy atom. The van der Waals surface area contributed by atoms with E-state index in [1.165, 1.54) is 35.6 Å². The van der Waals surface area contributed by atoms with Gasteiger partial charge in [0.05, 0.1) is 18.1 Å². The molecule has 0 aromatic heterocycles. The molecule has 0 atom stereocenters. The molecule has 6 nitrogen and oxygen atoms in total. The first-order valence-electron chi connectivity index (χ1n) is 5.96. The van der Waals surface area contributed by atoms with Crippen LogP contribution in [0.25, 0.3) is 0 Å². The number of hydrogen-bond donors (Lipinski definition) is 1. The summed E-state index contributed by atoms with van der Waals surface area (Å²) in [6.45, 7) is 1.55. The highest BCUT2D eigenvalue weighted by Crippen LogP contribution is 2.17. The molecule has 1 aromatic carbocycles. The average Bonchev–Trinajstić information content (AvgIpc) is 2.47. The van der Waals surface area contributed by atoms with Crippen molar-refractivity contribution in [3.8, 4) is 0 Å². The van der Waals surface area contributed by atoms with Crippen LogP contribution in [0.1, 0.15) is 10.4 Å². The molecule has 1 aromatic rings. The highest BCUT2D eigenvalue weighted by Gasteiger charge is 2.26. The molecule has 1 N–H and O–H groups in total. The van der Waals surface area contributed by atoms with Crippen LogP contribution in [0.2, 0.25) is 0 Å². The molecular weight excluding hydrogens is 268 g/mol. The monoisotopic (exact) mass is 284 g/mol. The second-order valence-electron chi connectivity index (χ2n) is 4.12. The molecule has 1 heterocycles. The van der Waals surface area contributed by atoms with Crippen LogP contribution in [0.15, 0.2) is 29.2 Å². The summed E-state index contributed by atoms with van der Waals surface area (Å²) in [6, 6.07) is 5.92. The summed E-state index contributed by atoms with van der Waals surface area (Å²) in [6.07, 6.45) is 0. The van der Waals surface area contributed by atoms with Crippen molar-refractivity contribution in [3.05, 3.63) is 29.8 Å². The van der Waals surface area contributed by atoms with E-state index in [2.05, 4.69) is 5.32 Å². The Bertz CT molecular complexity index is 548. The first kappa shape index (κ1) is 14.0. The zero-order chi connectivity index (χ0) is 13.9. The fourth-order valence-electron chi connectivity index (χ4n) is 1.86. The number of carbonyl (C=O) groups excluding carboxylic acids is 1. The third kappa shape index (κ3) is 2.94. The number of morpholine rings is 1. The van der Waals surface area contributed by atoms with Gasteiger partial charge in [0, 0.05) is 25.7 Å². The summed E-state index contributed by atoms with van der Waals surface area (Å²) >= 11 is 0. The van der Waals surface area contributed by atoms with Crippen molar-refractivity contribution in [3.63, 3.8) is 0 Å². The minimum Gasteiger partial charge on any atom is -0.379 e. The Morgan fingerprint density at radius 3 is 2.32 bits per heavy atom. The molecule has 0 radical (unpaired) electrons. The fraction of sp³-hybridized carbons (Fsp3) is 0.417. The molecule has 7 heteroatoms. The van der Waals surface area contributed by atoms with E-state index in [1.54, 1.807) is 0 Å². The maximum absolute atomic E-state index is 12.3. The van der Waals surface area contributed by atoms with E-state index in [0.717, 1.165) is 0 Å². The normalized spacial score (nSPS) is 17.1. The Labute approximate surface area is 112 Å². The van der Waals surface area contributed by atoms with E-state index in [1.807, 2.05) is 0 Å². The molecule has 1 amide bonds. The molecule has 1 fully saturated rings. The second kappa shape index (κ2) is 5.68. The molecule has 0 unspecified atom stereocenters. The zero-order valence-corrected chi connectivity index (χ0v) is 11.4. The zero-order valence-electron chi connectivity index (χ0n) is 10.6. The minimum absolute atomic E-state index is 0.196. The highest BCUT2D eigenvalue weighted by atomic mass is 32.2. The van der Waals surface area contributed by atoms with Crippen LogP contribution in [-0.4, -0.2) is 52.0 Å². The number of nitrogens with zero attached hydrogens (tertiary/aromatic N) is 1. The average molecular weight is 284 g/mol. The van der Waals surface area contributed by atoms with Crippen LogP contribution in [0.4, 0.5) is 0 Å². The van der Waals surface area contributed by atoms with Crippen LogP contribution in [0.5, 0.6) is 0 Å². The van der Waals surface area contributed by atoms with Crippen LogP contribution in [0.3, 0.4) is 0 Å².